The van der Waals surface area contributed by atoms with E-state index >= 15 is 0 Å². The van der Waals surface area contributed by atoms with Crippen LogP contribution in [0.2, 0.25) is 0 Å². The van der Waals surface area contributed by atoms with Crippen LogP contribution in [0.15, 0.2) is 29.2 Å². The number of thioether (sulfide) groups is 1. The van der Waals surface area contributed by atoms with Gasteiger partial charge in [-0.05, 0) is 37.8 Å². The fraction of sp³-hybridized carbons (Fsp3) is 0.591. The van der Waals surface area contributed by atoms with Gasteiger partial charge in [0.2, 0.25) is 11.8 Å². The lowest BCUT2D eigenvalue weighted by Gasteiger charge is -2.35. The lowest BCUT2D eigenvalue weighted by molar-refractivity contribution is -0.135. The zero-order valence-electron chi connectivity index (χ0n) is 16.8. The molecule has 1 aromatic carbocycles. The van der Waals surface area contributed by atoms with Crippen molar-refractivity contribution >= 4 is 35.2 Å². The zero-order valence-corrected chi connectivity index (χ0v) is 17.6. The van der Waals surface area contributed by atoms with Gasteiger partial charge in [-0.2, -0.15) is 0 Å². The van der Waals surface area contributed by atoms with Crippen molar-refractivity contribution in [3.05, 3.63) is 24.3 Å². The number of fused-ring (bicyclic) bond motifs is 1. The second-order valence-electron chi connectivity index (χ2n) is 8.18. The van der Waals surface area contributed by atoms with Crippen LogP contribution < -0.4 is 10.2 Å². The van der Waals surface area contributed by atoms with Crippen molar-refractivity contribution in [2.45, 2.75) is 67.6 Å². The molecule has 6 nitrogen and oxygen atoms in total. The number of benzene rings is 1. The average molecular weight is 416 g/mol. The van der Waals surface area contributed by atoms with Crippen LogP contribution in [0.1, 0.15) is 51.4 Å². The Balaban J connectivity index is 1.52. The van der Waals surface area contributed by atoms with Crippen LogP contribution in [-0.2, 0) is 14.4 Å². The second kappa shape index (κ2) is 9.20. The first kappa shape index (κ1) is 20.3. The van der Waals surface area contributed by atoms with Gasteiger partial charge in [-0.1, -0.05) is 37.8 Å². The third-order valence-electron chi connectivity index (χ3n) is 6.06. The lowest BCUT2D eigenvalue weighted by Crippen LogP contribution is -2.52. The standard InChI is InChI=1S/C22H29N3O3S/c26-19(23-16-9-3-4-10-16)15-25-17-11-5-6-12-18(17)29-20(22(25)28)21(27)24-13-7-1-2-8-14-24/h5-6,11-12,16,20H,1-4,7-10,13-15H2,(H,23,26). The molecule has 1 aromatic rings. The van der Waals surface area contributed by atoms with E-state index in [1.165, 1.54) is 16.7 Å². The number of hydrogen-bond acceptors (Lipinski definition) is 4. The monoisotopic (exact) mass is 415 g/mol. The highest BCUT2D eigenvalue weighted by Crippen LogP contribution is 2.39. The highest BCUT2D eigenvalue weighted by molar-refractivity contribution is 8.01. The number of anilines is 1. The third-order valence-corrected chi connectivity index (χ3v) is 7.29. The van der Waals surface area contributed by atoms with Crippen molar-refractivity contribution in [1.29, 1.82) is 0 Å². The van der Waals surface area contributed by atoms with E-state index in [1.807, 2.05) is 29.2 Å². The van der Waals surface area contributed by atoms with Crippen LogP contribution in [0, 0.1) is 0 Å². The molecule has 156 valence electrons. The molecule has 1 aliphatic carbocycles. The first-order chi connectivity index (χ1) is 14.1. The van der Waals surface area contributed by atoms with Gasteiger partial charge in [-0.15, -0.1) is 11.8 Å². The van der Waals surface area contributed by atoms with Crippen LogP contribution in [0.5, 0.6) is 0 Å². The number of carbonyl (C=O) groups excluding carboxylic acids is 3. The van der Waals surface area contributed by atoms with Crippen LogP contribution in [0.3, 0.4) is 0 Å². The quantitative estimate of drug-likeness (QED) is 0.768. The van der Waals surface area contributed by atoms with Gasteiger partial charge in [0.15, 0.2) is 5.25 Å². The smallest absolute Gasteiger partial charge is 0.250 e. The Morgan fingerprint density at radius 3 is 2.41 bits per heavy atom. The molecule has 2 fully saturated rings. The number of likely N-dealkylation sites (tertiary alicyclic amines) is 1. The number of amides is 3. The topological polar surface area (TPSA) is 69.7 Å². The molecule has 1 saturated carbocycles. The molecule has 1 atom stereocenters. The lowest BCUT2D eigenvalue weighted by atomic mass is 10.2. The Labute approximate surface area is 176 Å². The molecule has 29 heavy (non-hydrogen) atoms. The number of para-hydroxylation sites is 1. The Hall–Kier alpha value is -2.02. The van der Waals surface area contributed by atoms with Crippen LogP contribution >= 0.6 is 11.8 Å². The van der Waals surface area contributed by atoms with Crippen molar-refractivity contribution in [2.75, 3.05) is 24.5 Å². The number of rotatable bonds is 4. The summed E-state index contributed by atoms with van der Waals surface area (Å²) in [6.45, 7) is 1.40. The minimum atomic E-state index is -0.803. The summed E-state index contributed by atoms with van der Waals surface area (Å²) in [6, 6.07) is 7.77. The van der Waals surface area contributed by atoms with Gasteiger partial charge in [0.05, 0.1) is 5.69 Å². The molecule has 3 amide bonds. The minimum Gasteiger partial charge on any atom is -0.352 e. The van der Waals surface area contributed by atoms with Gasteiger partial charge in [0.25, 0.3) is 5.91 Å². The SMILES string of the molecule is O=C(CN1C(=O)C(C(=O)N2CCCCCC2)Sc2ccccc21)NC1CCCC1. The summed E-state index contributed by atoms with van der Waals surface area (Å²) in [5.41, 5.74) is 0.726. The fourth-order valence-electron chi connectivity index (χ4n) is 4.48. The van der Waals surface area contributed by atoms with Gasteiger partial charge in [0.1, 0.15) is 6.54 Å². The second-order valence-corrected chi connectivity index (χ2v) is 9.33. The molecule has 3 aliphatic rings. The van der Waals surface area contributed by atoms with Crippen molar-refractivity contribution in [2.24, 2.45) is 0 Å². The summed E-state index contributed by atoms with van der Waals surface area (Å²) in [4.78, 5) is 43.4. The van der Waals surface area contributed by atoms with E-state index in [9.17, 15) is 14.4 Å². The van der Waals surface area contributed by atoms with E-state index in [1.54, 1.807) is 0 Å². The summed E-state index contributed by atoms with van der Waals surface area (Å²) in [5.74, 6) is -0.532. The molecule has 0 radical (unpaired) electrons. The van der Waals surface area contributed by atoms with Crippen molar-refractivity contribution in [3.63, 3.8) is 0 Å². The number of nitrogens with one attached hydrogen (secondary N) is 1. The molecular weight excluding hydrogens is 386 g/mol. The predicted molar refractivity (Wildman–Crippen MR) is 114 cm³/mol. The molecule has 4 rings (SSSR count). The van der Waals surface area contributed by atoms with Gasteiger partial charge < -0.3 is 15.1 Å². The molecule has 0 bridgehead atoms. The molecule has 2 heterocycles. The maximum Gasteiger partial charge on any atom is 0.250 e. The van der Waals surface area contributed by atoms with E-state index in [0.717, 1.165) is 61.9 Å². The Bertz CT molecular complexity index is 770. The van der Waals surface area contributed by atoms with E-state index in [-0.39, 0.29) is 30.3 Å². The molecule has 0 aromatic heterocycles. The van der Waals surface area contributed by atoms with E-state index < -0.39 is 5.25 Å². The third kappa shape index (κ3) is 4.60. The highest BCUT2D eigenvalue weighted by atomic mass is 32.2. The van der Waals surface area contributed by atoms with Gasteiger partial charge in [0, 0.05) is 24.0 Å². The van der Waals surface area contributed by atoms with E-state index in [2.05, 4.69) is 5.32 Å². The maximum absolute atomic E-state index is 13.3. The molecule has 0 spiro atoms. The van der Waals surface area contributed by atoms with Crippen molar-refractivity contribution in [3.8, 4) is 0 Å². The Morgan fingerprint density at radius 1 is 1.00 bits per heavy atom. The molecule has 1 saturated heterocycles. The van der Waals surface area contributed by atoms with Gasteiger partial charge >= 0.3 is 0 Å². The van der Waals surface area contributed by atoms with Crippen molar-refractivity contribution < 1.29 is 14.4 Å². The zero-order chi connectivity index (χ0) is 20.2. The van der Waals surface area contributed by atoms with Gasteiger partial charge in [-0.25, -0.2) is 0 Å². The normalized spacial score (nSPS) is 22.9. The highest BCUT2D eigenvalue weighted by Gasteiger charge is 2.41. The molecule has 7 heteroatoms. The fourth-order valence-corrected chi connectivity index (χ4v) is 5.67. The molecule has 2 aliphatic heterocycles. The number of carbonyl (C=O) groups is 3. The summed E-state index contributed by atoms with van der Waals surface area (Å²) >= 11 is 1.32. The average Bonchev–Trinajstić information content (AvgIpc) is 3.08. The molecule has 1 N–H and O–H groups in total. The summed E-state index contributed by atoms with van der Waals surface area (Å²) in [5, 5.41) is 2.25. The van der Waals surface area contributed by atoms with Crippen molar-refractivity contribution in [1.82, 2.24) is 10.2 Å². The Kier molecular flexibility index (Phi) is 6.43. The van der Waals surface area contributed by atoms with E-state index in [4.69, 9.17) is 0 Å². The Morgan fingerprint density at radius 2 is 1.69 bits per heavy atom. The van der Waals surface area contributed by atoms with E-state index in [0.29, 0.717) is 13.1 Å². The first-order valence-electron chi connectivity index (χ1n) is 10.8. The largest absolute Gasteiger partial charge is 0.352 e. The minimum absolute atomic E-state index is 0.0311. The molecular formula is C22H29N3O3S. The molecule has 1 unspecified atom stereocenters. The van der Waals surface area contributed by atoms with Crippen LogP contribution in [-0.4, -0.2) is 53.5 Å². The first-order valence-corrected chi connectivity index (χ1v) is 11.7. The van der Waals surface area contributed by atoms with Gasteiger partial charge in [-0.3, -0.25) is 14.4 Å². The van der Waals surface area contributed by atoms with Crippen LogP contribution in [0.4, 0.5) is 5.69 Å². The number of hydrogen-bond donors (Lipinski definition) is 1. The van der Waals surface area contributed by atoms with Crippen LogP contribution in [0.25, 0.3) is 0 Å². The number of nitrogens with zero attached hydrogens (tertiary/aromatic N) is 2. The summed E-state index contributed by atoms with van der Waals surface area (Å²) in [6.07, 6.45) is 8.52. The maximum atomic E-state index is 13.3. The summed E-state index contributed by atoms with van der Waals surface area (Å²) < 4.78 is 0. The summed E-state index contributed by atoms with van der Waals surface area (Å²) in [7, 11) is 0. The predicted octanol–water partition coefficient (Wildman–Crippen LogP) is 2.96.